The number of nitrogens with two attached hydrogens (primary N) is 1. The molecule has 0 saturated heterocycles. The van der Waals surface area contributed by atoms with Crippen molar-refractivity contribution in [3.63, 3.8) is 0 Å². The molecular weight excluding hydrogens is 363 g/mol. The molecule has 2 N–H and O–H groups in total. The van der Waals surface area contributed by atoms with Crippen LogP contribution >= 0.6 is 0 Å². The van der Waals surface area contributed by atoms with E-state index in [2.05, 4.69) is 24.9 Å². The minimum atomic E-state index is -4.85. The van der Waals surface area contributed by atoms with Gasteiger partial charge in [-0.15, -0.1) is 23.4 Å². The number of anilines is 1. The topological polar surface area (TPSA) is 100.0 Å². The smallest absolute Gasteiger partial charge is 0.414 e. The summed E-state index contributed by atoms with van der Waals surface area (Å²) in [5.41, 5.74) is 7.18. The molecule has 4 aromatic rings. The fraction of sp³-hybridized carbons (Fsp3) is 0.0588. The van der Waals surface area contributed by atoms with Gasteiger partial charge in [-0.25, -0.2) is 9.97 Å². The molecule has 2 aromatic carbocycles. The Bertz CT molecular complexity index is 1130. The summed E-state index contributed by atoms with van der Waals surface area (Å²) in [4.78, 5) is 8.55. The average molecular weight is 373 g/mol. The molecule has 136 valence electrons. The van der Waals surface area contributed by atoms with Gasteiger partial charge in [-0.1, -0.05) is 24.3 Å². The maximum Gasteiger partial charge on any atom is 0.573 e. The van der Waals surface area contributed by atoms with Crippen LogP contribution in [-0.2, 0) is 0 Å². The maximum absolute atomic E-state index is 12.6. The van der Waals surface area contributed by atoms with Crippen LogP contribution in [0, 0.1) is 0 Å². The van der Waals surface area contributed by atoms with E-state index in [1.165, 1.54) is 18.2 Å². The standard InChI is InChI=1S/C17H10F3N5O2/c18-17(19,20)27-12-8-4-1-5-9(12)15-24-25-16(26-15)13-14(21)23-11-7-3-2-6-10(11)22-13/h1-8H,(H2,21,23). The van der Waals surface area contributed by atoms with Gasteiger partial charge in [0.2, 0.25) is 0 Å². The van der Waals surface area contributed by atoms with Crippen molar-refractivity contribution in [3.8, 4) is 28.8 Å². The highest BCUT2D eigenvalue weighted by atomic mass is 19.4. The monoisotopic (exact) mass is 373 g/mol. The van der Waals surface area contributed by atoms with E-state index in [1.807, 2.05) is 0 Å². The van der Waals surface area contributed by atoms with E-state index >= 15 is 0 Å². The molecule has 0 unspecified atom stereocenters. The Morgan fingerprint density at radius 1 is 0.852 bits per heavy atom. The fourth-order valence-electron chi connectivity index (χ4n) is 2.46. The molecule has 0 aliphatic heterocycles. The number of ether oxygens (including phenoxy) is 1. The van der Waals surface area contributed by atoms with Gasteiger partial charge < -0.3 is 14.9 Å². The van der Waals surface area contributed by atoms with Crippen LogP contribution in [0.5, 0.6) is 5.75 Å². The zero-order valence-electron chi connectivity index (χ0n) is 13.4. The summed E-state index contributed by atoms with van der Waals surface area (Å²) in [6, 6.07) is 12.5. The first-order valence-corrected chi connectivity index (χ1v) is 7.62. The molecule has 27 heavy (non-hydrogen) atoms. The predicted octanol–water partition coefficient (Wildman–Crippen LogP) is 3.83. The maximum atomic E-state index is 12.6. The highest BCUT2D eigenvalue weighted by Crippen LogP contribution is 2.34. The van der Waals surface area contributed by atoms with Gasteiger partial charge in [0.15, 0.2) is 11.5 Å². The molecule has 0 aliphatic carbocycles. The molecule has 0 saturated carbocycles. The minimum Gasteiger partial charge on any atom is -0.414 e. The number of hydrogen-bond donors (Lipinski definition) is 1. The van der Waals surface area contributed by atoms with E-state index in [-0.39, 0.29) is 28.9 Å². The Kier molecular flexibility index (Phi) is 3.87. The van der Waals surface area contributed by atoms with Crippen LogP contribution in [0.2, 0.25) is 0 Å². The Morgan fingerprint density at radius 2 is 1.48 bits per heavy atom. The SMILES string of the molecule is Nc1nc2ccccc2nc1-c1nnc(-c2ccccc2OC(F)(F)F)o1. The molecule has 7 nitrogen and oxygen atoms in total. The van der Waals surface area contributed by atoms with Crippen LogP contribution in [-0.4, -0.2) is 26.5 Å². The third kappa shape index (κ3) is 3.36. The van der Waals surface area contributed by atoms with Gasteiger partial charge in [-0.2, -0.15) is 0 Å². The number of nitrogen functional groups attached to an aromatic ring is 1. The molecule has 0 bridgehead atoms. The Morgan fingerprint density at radius 3 is 2.22 bits per heavy atom. The highest BCUT2D eigenvalue weighted by molar-refractivity contribution is 5.80. The van der Waals surface area contributed by atoms with E-state index in [1.54, 1.807) is 24.3 Å². The molecular formula is C17H10F3N5O2. The summed E-state index contributed by atoms with van der Waals surface area (Å²) in [7, 11) is 0. The summed E-state index contributed by atoms with van der Waals surface area (Å²) in [5.74, 6) is -0.636. The van der Waals surface area contributed by atoms with Crippen LogP contribution in [0.3, 0.4) is 0 Å². The van der Waals surface area contributed by atoms with Gasteiger partial charge in [-0.05, 0) is 24.3 Å². The third-order valence-electron chi connectivity index (χ3n) is 3.57. The predicted molar refractivity (Wildman–Crippen MR) is 89.4 cm³/mol. The largest absolute Gasteiger partial charge is 0.573 e. The molecule has 0 aliphatic rings. The Labute approximate surface area is 149 Å². The van der Waals surface area contributed by atoms with Crippen LogP contribution in [0.4, 0.5) is 19.0 Å². The van der Waals surface area contributed by atoms with Crippen molar-refractivity contribution in [2.45, 2.75) is 6.36 Å². The lowest BCUT2D eigenvalue weighted by Crippen LogP contribution is -2.17. The second-order valence-electron chi connectivity index (χ2n) is 5.40. The molecule has 10 heteroatoms. The summed E-state index contributed by atoms with van der Waals surface area (Å²) in [6.45, 7) is 0. The first-order chi connectivity index (χ1) is 12.9. The lowest BCUT2D eigenvalue weighted by molar-refractivity contribution is -0.274. The number of aromatic nitrogens is 4. The summed E-state index contributed by atoms with van der Waals surface area (Å²) < 4.78 is 47.2. The fourth-order valence-corrected chi connectivity index (χ4v) is 2.46. The second kappa shape index (κ2) is 6.24. The van der Waals surface area contributed by atoms with Gasteiger partial charge in [0.1, 0.15) is 5.75 Å². The van der Waals surface area contributed by atoms with Gasteiger partial charge in [-0.3, -0.25) is 0 Å². The number of para-hydroxylation sites is 3. The number of benzene rings is 2. The lowest BCUT2D eigenvalue weighted by atomic mass is 10.2. The first kappa shape index (κ1) is 16.8. The second-order valence-corrected chi connectivity index (χ2v) is 5.40. The van der Waals surface area contributed by atoms with E-state index in [4.69, 9.17) is 10.2 Å². The number of halogens is 3. The molecule has 0 amide bonds. The summed E-state index contributed by atoms with van der Waals surface area (Å²) >= 11 is 0. The van der Waals surface area contributed by atoms with Gasteiger partial charge in [0, 0.05) is 0 Å². The van der Waals surface area contributed by atoms with Crippen molar-refractivity contribution in [1.29, 1.82) is 0 Å². The first-order valence-electron chi connectivity index (χ1n) is 7.62. The van der Waals surface area contributed by atoms with Crippen LogP contribution in [0.1, 0.15) is 0 Å². The van der Waals surface area contributed by atoms with Gasteiger partial charge in [0.25, 0.3) is 11.8 Å². The number of nitrogens with zero attached hydrogens (tertiary/aromatic N) is 4. The number of fused-ring (bicyclic) bond motifs is 1. The molecule has 2 heterocycles. The molecule has 4 rings (SSSR count). The van der Waals surface area contributed by atoms with Crippen molar-refractivity contribution in [2.75, 3.05) is 5.73 Å². The molecule has 0 spiro atoms. The van der Waals surface area contributed by atoms with Crippen molar-refractivity contribution < 1.29 is 22.3 Å². The summed E-state index contributed by atoms with van der Waals surface area (Å²) in [5, 5.41) is 7.62. The van der Waals surface area contributed by atoms with E-state index in [0.29, 0.717) is 11.0 Å². The summed E-state index contributed by atoms with van der Waals surface area (Å²) in [6.07, 6.45) is -4.85. The van der Waals surface area contributed by atoms with Crippen molar-refractivity contribution in [2.24, 2.45) is 0 Å². The molecule has 0 fully saturated rings. The zero-order chi connectivity index (χ0) is 19.0. The lowest BCUT2D eigenvalue weighted by Gasteiger charge is -2.10. The third-order valence-corrected chi connectivity index (χ3v) is 3.57. The van der Waals surface area contributed by atoms with E-state index in [9.17, 15) is 13.2 Å². The average Bonchev–Trinajstić information content (AvgIpc) is 3.10. The van der Waals surface area contributed by atoms with Crippen LogP contribution in [0.25, 0.3) is 34.1 Å². The molecule has 0 radical (unpaired) electrons. The highest BCUT2D eigenvalue weighted by Gasteiger charge is 2.33. The Balaban J connectivity index is 1.76. The van der Waals surface area contributed by atoms with Gasteiger partial charge in [0.05, 0.1) is 16.6 Å². The van der Waals surface area contributed by atoms with Crippen molar-refractivity contribution in [1.82, 2.24) is 20.2 Å². The minimum absolute atomic E-state index is 0.0131. The quantitative estimate of drug-likeness (QED) is 0.582. The number of hydrogen-bond acceptors (Lipinski definition) is 7. The molecule has 0 atom stereocenters. The van der Waals surface area contributed by atoms with Crippen LogP contribution in [0.15, 0.2) is 52.9 Å². The normalized spacial score (nSPS) is 11.7. The van der Waals surface area contributed by atoms with Crippen molar-refractivity contribution >= 4 is 16.9 Å². The number of alkyl halides is 3. The number of rotatable bonds is 3. The van der Waals surface area contributed by atoms with Crippen molar-refractivity contribution in [3.05, 3.63) is 48.5 Å². The van der Waals surface area contributed by atoms with Gasteiger partial charge >= 0.3 is 6.36 Å². The van der Waals surface area contributed by atoms with Crippen LogP contribution < -0.4 is 10.5 Å². The Hall–Kier alpha value is -3.69. The molecule has 2 aromatic heterocycles. The van der Waals surface area contributed by atoms with E-state index in [0.717, 1.165) is 6.07 Å². The van der Waals surface area contributed by atoms with E-state index < -0.39 is 12.1 Å². The zero-order valence-corrected chi connectivity index (χ0v) is 13.4.